The Morgan fingerprint density at radius 2 is 1.91 bits per heavy atom. The molecule has 0 bridgehead atoms. The van der Waals surface area contributed by atoms with Crippen molar-refractivity contribution in [1.82, 2.24) is 4.90 Å². The number of rotatable bonds is 4. The predicted molar refractivity (Wildman–Crippen MR) is 93.4 cm³/mol. The van der Waals surface area contributed by atoms with Gasteiger partial charge >= 0.3 is 0 Å². The van der Waals surface area contributed by atoms with Gasteiger partial charge in [-0.25, -0.2) is 0 Å². The van der Waals surface area contributed by atoms with Gasteiger partial charge in [-0.3, -0.25) is 9.69 Å². The maximum absolute atomic E-state index is 12.8. The highest BCUT2D eigenvalue weighted by Crippen LogP contribution is 2.25. The first-order valence-electron chi connectivity index (χ1n) is 8.58. The van der Waals surface area contributed by atoms with Crippen LogP contribution in [0.2, 0.25) is 0 Å². The van der Waals surface area contributed by atoms with Crippen LogP contribution in [0.1, 0.15) is 56.2 Å². The van der Waals surface area contributed by atoms with E-state index in [4.69, 9.17) is 0 Å². The molecule has 0 aliphatic carbocycles. The molecule has 3 heteroatoms. The van der Waals surface area contributed by atoms with Gasteiger partial charge in [0.1, 0.15) is 0 Å². The first kappa shape index (κ1) is 17.0. The molecule has 0 aromatic heterocycles. The molecule has 2 atom stereocenters. The van der Waals surface area contributed by atoms with E-state index in [-0.39, 0.29) is 11.9 Å². The second-order valence-electron chi connectivity index (χ2n) is 6.77. The van der Waals surface area contributed by atoms with Gasteiger partial charge in [-0.05, 0) is 64.6 Å². The van der Waals surface area contributed by atoms with Crippen molar-refractivity contribution in [3.05, 3.63) is 28.8 Å². The van der Waals surface area contributed by atoms with Crippen LogP contribution < -0.4 is 5.32 Å². The minimum atomic E-state index is 0.0174. The zero-order valence-electron chi connectivity index (χ0n) is 14.7. The van der Waals surface area contributed by atoms with Crippen molar-refractivity contribution in [2.24, 2.45) is 0 Å². The normalized spacial score (nSPS) is 20.7. The number of hydrogen-bond acceptors (Lipinski definition) is 2. The summed E-state index contributed by atoms with van der Waals surface area (Å²) in [5.74, 6) is 0.162. The van der Waals surface area contributed by atoms with E-state index in [0.717, 1.165) is 42.6 Å². The van der Waals surface area contributed by atoms with Gasteiger partial charge in [-0.1, -0.05) is 31.0 Å². The highest BCUT2D eigenvalue weighted by atomic mass is 16.2. The largest absolute Gasteiger partial charge is 0.324 e. The molecule has 2 rings (SSSR count). The lowest BCUT2D eigenvalue weighted by Crippen LogP contribution is -2.50. The first-order chi connectivity index (χ1) is 10.4. The topological polar surface area (TPSA) is 32.3 Å². The number of benzene rings is 1. The maximum atomic E-state index is 12.8. The molecule has 1 fully saturated rings. The molecule has 3 nitrogen and oxygen atoms in total. The van der Waals surface area contributed by atoms with Gasteiger partial charge in [0.05, 0.1) is 6.04 Å². The number of carbonyl (C=O) groups excluding carboxylic acids is 1. The molecule has 0 unspecified atom stereocenters. The van der Waals surface area contributed by atoms with Crippen molar-refractivity contribution >= 4 is 11.6 Å². The van der Waals surface area contributed by atoms with Crippen molar-refractivity contribution in [3.63, 3.8) is 0 Å². The zero-order chi connectivity index (χ0) is 16.3. The Morgan fingerprint density at radius 3 is 2.50 bits per heavy atom. The van der Waals surface area contributed by atoms with Crippen LogP contribution in [0.3, 0.4) is 0 Å². The maximum Gasteiger partial charge on any atom is 0.241 e. The molecule has 1 aliphatic rings. The van der Waals surface area contributed by atoms with Crippen LogP contribution in [0, 0.1) is 20.8 Å². The van der Waals surface area contributed by atoms with Crippen LogP contribution >= 0.6 is 0 Å². The number of hydrogen-bond donors (Lipinski definition) is 1. The summed E-state index contributed by atoms with van der Waals surface area (Å²) in [6, 6.07) is 4.76. The molecule has 122 valence electrons. The van der Waals surface area contributed by atoms with Gasteiger partial charge < -0.3 is 5.32 Å². The zero-order valence-corrected chi connectivity index (χ0v) is 14.7. The lowest BCUT2D eigenvalue weighted by Gasteiger charge is -2.38. The van der Waals surface area contributed by atoms with Gasteiger partial charge in [0.15, 0.2) is 0 Å². The second kappa shape index (κ2) is 7.28. The highest BCUT2D eigenvalue weighted by molar-refractivity contribution is 5.96. The fourth-order valence-electron chi connectivity index (χ4n) is 3.58. The minimum Gasteiger partial charge on any atom is -0.324 e. The lowest BCUT2D eigenvalue weighted by atomic mass is 9.98. The van der Waals surface area contributed by atoms with E-state index in [1.807, 2.05) is 0 Å². The second-order valence-corrected chi connectivity index (χ2v) is 6.77. The Morgan fingerprint density at radius 1 is 1.27 bits per heavy atom. The Balaban J connectivity index is 2.17. The van der Waals surface area contributed by atoms with Crippen LogP contribution in [-0.4, -0.2) is 29.4 Å². The molecule has 1 aliphatic heterocycles. The van der Waals surface area contributed by atoms with Gasteiger partial charge in [-0.15, -0.1) is 0 Å². The summed E-state index contributed by atoms with van der Waals surface area (Å²) >= 11 is 0. The van der Waals surface area contributed by atoms with Gasteiger partial charge in [0, 0.05) is 11.7 Å². The number of aryl methyl sites for hydroxylation is 3. The summed E-state index contributed by atoms with van der Waals surface area (Å²) in [4.78, 5) is 15.2. The Labute approximate surface area is 135 Å². The van der Waals surface area contributed by atoms with Crippen LogP contribution in [0.5, 0.6) is 0 Å². The molecule has 1 N–H and O–H groups in total. The molecule has 22 heavy (non-hydrogen) atoms. The van der Waals surface area contributed by atoms with Gasteiger partial charge in [0.2, 0.25) is 5.91 Å². The lowest BCUT2D eigenvalue weighted by molar-refractivity contribution is -0.123. The number of anilines is 1. The quantitative estimate of drug-likeness (QED) is 0.904. The predicted octanol–water partition coefficient (Wildman–Crippen LogP) is 4.20. The van der Waals surface area contributed by atoms with Gasteiger partial charge in [0.25, 0.3) is 0 Å². The molecule has 0 spiro atoms. The summed E-state index contributed by atoms with van der Waals surface area (Å²) < 4.78 is 0. The third-order valence-corrected chi connectivity index (χ3v) is 4.93. The molecule has 1 amide bonds. The number of piperidine rings is 1. The van der Waals surface area contributed by atoms with Crippen molar-refractivity contribution in [2.45, 2.75) is 72.4 Å². The summed E-state index contributed by atoms with van der Waals surface area (Å²) in [7, 11) is 0. The molecule has 0 radical (unpaired) electrons. The molecule has 0 saturated carbocycles. The first-order valence-corrected chi connectivity index (χ1v) is 8.58. The number of nitrogens with zero attached hydrogens (tertiary/aromatic N) is 1. The monoisotopic (exact) mass is 302 g/mol. The van der Waals surface area contributed by atoms with Crippen LogP contribution in [-0.2, 0) is 4.79 Å². The van der Waals surface area contributed by atoms with Crippen molar-refractivity contribution < 1.29 is 4.79 Å². The molecule has 1 heterocycles. The molecule has 1 saturated heterocycles. The number of likely N-dealkylation sites (tertiary alicyclic amines) is 1. The van der Waals surface area contributed by atoms with E-state index in [1.54, 1.807) is 0 Å². The summed E-state index contributed by atoms with van der Waals surface area (Å²) in [6.45, 7) is 11.7. The standard InChI is InChI=1S/C19H30N2O/c1-6-16(5)21-10-8-7-9-17(21)19(22)20-18-14(3)11-13(2)12-15(18)4/h11-12,16-17H,6-10H2,1-5H3,(H,20,22)/t16-,17-/m1/s1. The smallest absolute Gasteiger partial charge is 0.241 e. The van der Waals surface area contributed by atoms with Crippen molar-refractivity contribution in [2.75, 3.05) is 11.9 Å². The molecule has 1 aromatic carbocycles. The average Bonchev–Trinajstić information content (AvgIpc) is 2.49. The summed E-state index contributed by atoms with van der Waals surface area (Å²) in [5, 5.41) is 3.20. The van der Waals surface area contributed by atoms with E-state index in [0.29, 0.717) is 6.04 Å². The number of carbonyl (C=O) groups is 1. The van der Waals surface area contributed by atoms with Gasteiger partial charge in [-0.2, -0.15) is 0 Å². The molecular weight excluding hydrogens is 272 g/mol. The fraction of sp³-hybridized carbons (Fsp3) is 0.632. The van der Waals surface area contributed by atoms with E-state index in [1.165, 1.54) is 12.0 Å². The summed E-state index contributed by atoms with van der Waals surface area (Å²) in [5.41, 5.74) is 4.53. The van der Waals surface area contributed by atoms with E-state index in [2.05, 4.69) is 57.0 Å². The SMILES string of the molecule is CC[C@@H](C)N1CCCC[C@@H]1C(=O)Nc1c(C)cc(C)cc1C. The number of nitrogens with one attached hydrogen (secondary N) is 1. The Bertz CT molecular complexity index is 515. The van der Waals surface area contributed by atoms with Crippen LogP contribution in [0.15, 0.2) is 12.1 Å². The Hall–Kier alpha value is -1.35. The van der Waals surface area contributed by atoms with E-state index < -0.39 is 0 Å². The van der Waals surface area contributed by atoms with Crippen LogP contribution in [0.25, 0.3) is 0 Å². The van der Waals surface area contributed by atoms with Crippen LogP contribution in [0.4, 0.5) is 5.69 Å². The molecular formula is C19H30N2O. The fourth-order valence-corrected chi connectivity index (χ4v) is 3.58. The van der Waals surface area contributed by atoms with E-state index in [9.17, 15) is 4.79 Å². The minimum absolute atomic E-state index is 0.0174. The third-order valence-electron chi connectivity index (χ3n) is 4.93. The number of amides is 1. The van der Waals surface area contributed by atoms with Crippen molar-refractivity contribution in [3.8, 4) is 0 Å². The third kappa shape index (κ3) is 3.70. The molecule has 1 aromatic rings. The Kier molecular flexibility index (Phi) is 5.63. The van der Waals surface area contributed by atoms with E-state index >= 15 is 0 Å². The van der Waals surface area contributed by atoms with Crippen molar-refractivity contribution in [1.29, 1.82) is 0 Å². The summed E-state index contributed by atoms with van der Waals surface area (Å²) in [6.07, 6.45) is 4.42. The highest BCUT2D eigenvalue weighted by Gasteiger charge is 2.31. The average molecular weight is 302 g/mol.